The molecule has 1 amide bonds. The van der Waals surface area contributed by atoms with Gasteiger partial charge in [-0.05, 0) is 6.92 Å². The van der Waals surface area contributed by atoms with E-state index in [9.17, 15) is 4.79 Å². The molecule has 0 radical (unpaired) electrons. The van der Waals surface area contributed by atoms with E-state index in [2.05, 4.69) is 10.2 Å². The predicted octanol–water partition coefficient (Wildman–Crippen LogP) is 1.45. The maximum absolute atomic E-state index is 10.3. The van der Waals surface area contributed by atoms with Crippen molar-refractivity contribution in [3.63, 3.8) is 0 Å². The molecular weight excluding hydrogens is 128 g/mol. The zero-order valence-electron chi connectivity index (χ0n) is 4.18. The van der Waals surface area contributed by atoms with Crippen LogP contribution in [0.25, 0.3) is 0 Å². The molecule has 0 N–H and O–H groups in total. The first-order valence-electron chi connectivity index (χ1n) is 2.04. The molecule has 0 spiro atoms. The smallest absolute Gasteiger partial charge is 0.264 e. The molecule has 0 unspecified atom stereocenters. The van der Waals surface area contributed by atoms with Crippen LogP contribution in [0.1, 0.15) is 6.92 Å². The van der Waals surface area contributed by atoms with Crippen molar-refractivity contribution in [3.05, 3.63) is 10.7 Å². The first kappa shape index (κ1) is 5.44. The van der Waals surface area contributed by atoms with Crippen LogP contribution in [0.3, 0.4) is 0 Å². The SMILES string of the molecule is CC1=C(Cl)C(=O)N=N1. The lowest BCUT2D eigenvalue weighted by Gasteiger charge is -1.78. The van der Waals surface area contributed by atoms with E-state index in [0.29, 0.717) is 5.70 Å². The lowest BCUT2D eigenvalue weighted by molar-refractivity contribution is -0.113. The average molecular weight is 131 g/mol. The molecule has 1 rings (SSSR count). The molecule has 0 fully saturated rings. The number of amides is 1. The number of hydrogen-bond acceptors (Lipinski definition) is 2. The van der Waals surface area contributed by atoms with E-state index in [1.54, 1.807) is 6.92 Å². The highest BCUT2D eigenvalue weighted by atomic mass is 35.5. The Morgan fingerprint density at radius 1 is 1.50 bits per heavy atom. The number of carbonyl (C=O) groups is 1. The zero-order valence-corrected chi connectivity index (χ0v) is 4.94. The zero-order chi connectivity index (χ0) is 6.15. The van der Waals surface area contributed by atoms with Crippen molar-refractivity contribution < 1.29 is 4.79 Å². The topological polar surface area (TPSA) is 41.8 Å². The van der Waals surface area contributed by atoms with E-state index in [4.69, 9.17) is 11.6 Å². The average Bonchev–Trinajstić information content (AvgIpc) is 1.98. The van der Waals surface area contributed by atoms with Crippen LogP contribution in [-0.2, 0) is 4.79 Å². The highest BCUT2D eigenvalue weighted by Crippen LogP contribution is 2.18. The van der Waals surface area contributed by atoms with Crippen LogP contribution in [-0.4, -0.2) is 5.91 Å². The number of halogens is 1. The van der Waals surface area contributed by atoms with Gasteiger partial charge in [-0.2, -0.15) is 5.11 Å². The summed E-state index contributed by atoms with van der Waals surface area (Å²) in [7, 11) is 0. The van der Waals surface area contributed by atoms with Crippen molar-refractivity contribution in [1.82, 2.24) is 0 Å². The molecule has 4 heteroatoms. The maximum atomic E-state index is 10.3. The summed E-state index contributed by atoms with van der Waals surface area (Å²) in [5, 5.41) is 6.73. The Morgan fingerprint density at radius 2 is 2.12 bits per heavy atom. The summed E-state index contributed by atoms with van der Waals surface area (Å²) in [6.07, 6.45) is 0. The van der Waals surface area contributed by atoms with Crippen LogP contribution in [0.5, 0.6) is 0 Å². The summed E-state index contributed by atoms with van der Waals surface area (Å²) < 4.78 is 0. The third-order valence-corrected chi connectivity index (χ3v) is 1.23. The molecule has 0 aliphatic carbocycles. The van der Waals surface area contributed by atoms with Gasteiger partial charge in [-0.3, -0.25) is 4.79 Å². The highest BCUT2D eigenvalue weighted by molar-refractivity contribution is 6.43. The minimum Gasteiger partial charge on any atom is -0.264 e. The van der Waals surface area contributed by atoms with Crippen molar-refractivity contribution >= 4 is 17.5 Å². The molecule has 1 aliphatic heterocycles. The fourth-order valence-corrected chi connectivity index (χ4v) is 0.439. The largest absolute Gasteiger partial charge is 0.308 e. The summed E-state index contributed by atoms with van der Waals surface area (Å²) in [5.41, 5.74) is 0.497. The first-order valence-corrected chi connectivity index (χ1v) is 2.42. The van der Waals surface area contributed by atoms with Crippen LogP contribution >= 0.6 is 11.6 Å². The molecule has 0 atom stereocenters. The van der Waals surface area contributed by atoms with Gasteiger partial charge in [-0.1, -0.05) is 11.6 Å². The fourth-order valence-electron chi connectivity index (χ4n) is 0.363. The summed E-state index contributed by atoms with van der Waals surface area (Å²) in [6, 6.07) is 0. The van der Waals surface area contributed by atoms with Crippen molar-refractivity contribution in [2.45, 2.75) is 6.92 Å². The third kappa shape index (κ3) is 0.648. The Balaban J connectivity index is 3.02. The van der Waals surface area contributed by atoms with Crippen LogP contribution in [0, 0.1) is 0 Å². The Hall–Kier alpha value is -0.700. The molecule has 0 bridgehead atoms. The molecule has 1 aliphatic rings. The Bertz CT molecular complexity index is 190. The van der Waals surface area contributed by atoms with E-state index in [-0.39, 0.29) is 5.03 Å². The van der Waals surface area contributed by atoms with Crippen molar-refractivity contribution in [3.8, 4) is 0 Å². The second-order valence-electron chi connectivity index (χ2n) is 1.40. The van der Waals surface area contributed by atoms with Crippen molar-refractivity contribution in [1.29, 1.82) is 0 Å². The predicted molar refractivity (Wildman–Crippen MR) is 28.4 cm³/mol. The lowest BCUT2D eigenvalue weighted by atomic mass is 10.4. The number of allylic oxidation sites excluding steroid dienone is 1. The number of nitrogens with zero attached hydrogens (tertiary/aromatic N) is 2. The van der Waals surface area contributed by atoms with Gasteiger partial charge in [0.2, 0.25) is 0 Å². The summed E-state index contributed by atoms with van der Waals surface area (Å²) in [6.45, 7) is 1.64. The molecule has 0 saturated heterocycles. The molecule has 0 saturated carbocycles. The molecule has 0 aromatic heterocycles. The molecule has 0 aromatic rings. The van der Waals surface area contributed by atoms with Crippen molar-refractivity contribution in [2.24, 2.45) is 10.2 Å². The maximum Gasteiger partial charge on any atom is 0.308 e. The van der Waals surface area contributed by atoms with Gasteiger partial charge in [0.1, 0.15) is 5.03 Å². The van der Waals surface area contributed by atoms with E-state index < -0.39 is 5.91 Å². The van der Waals surface area contributed by atoms with Crippen molar-refractivity contribution in [2.75, 3.05) is 0 Å². The quantitative estimate of drug-likeness (QED) is 0.489. The van der Waals surface area contributed by atoms with Gasteiger partial charge in [0.25, 0.3) is 0 Å². The molecule has 0 aromatic carbocycles. The summed E-state index contributed by atoms with van der Waals surface area (Å²) in [5.74, 6) is -0.441. The second kappa shape index (κ2) is 1.67. The Labute approximate surface area is 51.1 Å². The lowest BCUT2D eigenvalue weighted by Crippen LogP contribution is -1.85. The van der Waals surface area contributed by atoms with Crippen LogP contribution < -0.4 is 0 Å². The number of hydrogen-bond donors (Lipinski definition) is 0. The van der Waals surface area contributed by atoms with Crippen LogP contribution in [0.4, 0.5) is 0 Å². The molecule has 3 nitrogen and oxygen atoms in total. The van der Waals surface area contributed by atoms with Gasteiger partial charge < -0.3 is 0 Å². The second-order valence-corrected chi connectivity index (χ2v) is 1.78. The van der Waals surface area contributed by atoms with E-state index >= 15 is 0 Å². The minimum absolute atomic E-state index is 0.130. The minimum atomic E-state index is -0.441. The van der Waals surface area contributed by atoms with E-state index in [1.807, 2.05) is 0 Å². The van der Waals surface area contributed by atoms with Crippen LogP contribution in [0.15, 0.2) is 21.0 Å². The van der Waals surface area contributed by atoms with Gasteiger partial charge in [0.15, 0.2) is 0 Å². The third-order valence-electron chi connectivity index (χ3n) is 0.796. The standard InChI is InChI=1S/C4H3ClN2O/c1-2-3(5)4(8)7-6-2/h1H3. The van der Waals surface area contributed by atoms with Gasteiger partial charge in [-0.15, -0.1) is 5.11 Å². The van der Waals surface area contributed by atoms with E-state index in [1.165, 1.54) is 0 Å². The Morgan fingerprint density at radius 3 is 2.25 bits per heavy atom. The number of azo groups is 1. The van der Waals surface area contributed by atoms with Gasteiger partial charge in [0, 0.05) is 0 Å². The van der Waals surface area contributed by atoms with E-state index in [0.717, 1.165) is 0 Å². The van der Waals surface area contributed by atoms with Gasteiger partial charge in [-0.25, -0.2) is 0 Å². The summed E-state index contributed by atoms with van der Waals surface area (Å²) >= 11 is 5.36. The normalized spacial score (nSPS) is 18.5. The summed E-state index contributed by atoms with van der Waals surface area (Å²) in [4.78, 5) is 10.3. The molecule has 8 heavy (non-hydrogen) atoms. The Kier molecular flexibility index (Phi) is 1.13. The fraction of sp³-hybridized carbons (Fsp3) is 0.250. The molecule has 1 heterocycles. The van der Waals surface area contributed by atoms with Gasteiger partial charge >= 0.3 is 5.91 Å². The molecular formula is C4H3ClN2O. The first-order chi connectivity index (χ1) is 3.72. The molecule has 42 valence electrons. The van der Waals surface area contributed by atoms with Gasteiger partial charge in [0.05, 0.1) is 5.70 Å². The monoisotopic (exact) mass is 130 g/mol. The number of rotatable bonds is 0. The number of carbonyl (C=O) groups excluding carboxylic acids is 1. The highest BCUT2D eigenvalue weighted by Gasteiger charge is 2.14. The van der Waals surface area contributed by atoms with Crippen LogP contribution in [0.2, 0.25) is 0 Å².